The molecule has 0 N–H and O–H groups in total. The van der Waals surface area contributed by atoms with Gasteiger partial charge in [-0.05, 0) is 112 Å². The van der Waals surface area contributed by atoms with Crippen molar-refractivity contribution in [1.82, 2.24) is 0 Å². The molecular weight excluding hydrogens is 416 g/mol. The zero-order valence-electron chi connectivity index (χ0n) is 23.8. The Labute approximate surface area is 210 Å². The van der Waals surface area contributed by atoms with Crippen LogP contribution in [0.5, 0.6) is 0 Å². The Balaban J connectivity index is 1.63. The Morgan fingerprint density at radius 2 is 1.68 bits per heavy atom. The average Bonchev–Trinajstić information content (AvgIpc) is 3.01. The van der Waals surface area contributed by atoms with E-state index in [1.807, 2.05) is 11.1 Å². The Bertz CT molecular complexity index is 873. The van der Waals surface area contributed by atoms with Gasteiger partial charge in [0.1, 0.15) is 6.10 Å². The molecule has 0 heterocycles. The minimum Gasteiger partial charge on any atom is -0.462 e. The fraction of sp³-hybridized carbons (Fsp3) is 0.844. The molecule has 0 aromatic heterocycles. The third-order valence-electron chi connectivity index (χ3n) is 11.9. The molecule has 4 aliphatic rings. The minimum absolute atomic E-state index is 0.0382. The average molecular weight is 469 g/mol. The first kappa shape index (κ1) is 26.0. The number of allylic oxidation sites excluding steroid dienone is 4. The molecule has 0 aromatic carbocycles. The number of carbonyl (C=O) groups is 1. The minimum atomic E-state index is -0.117. The number of fused-ring (bicyclic) bond motifs is 4. The number of rotatable bonds is 5. The molecule has 4 aliphatic carbocycles. The van der Waals surface area contributed by atoms with Crippen LogP contribution in [-0.4, -0.2) is 12.1 Å². The smallest absolute Gasteiger partial charge is 0.302 e. The van der Waals surface area contributed by atoms with Crippen LogP contribution in [0.2, 0.25) is 0 Å². The molecule has 0 amide bonds. The first-order valence-electron chi connectivity index (χ1n) is 14.3. The predicted molar refractivity (Wildman–Crippen MR) is 142 cm³/mol. The van der Waals surface area contributed by atoms with E-state index in [1.165, 1.54) is 63.4 Å². The number of hydrogen-bond donors (Lipinski definition) is 0. The van der Waals surface area contributed by atoms with Gasteiger partial charge in [-0.1, -0.05) is 64.3 Å². The zero-order chi connectivity index (χ0) is 25.1. The van der Waals surface area contributed by atoms with Gasteiger partial charge in [0.25, 0.3) is 0 Å². The maximum atomic E-state index is 11.8. The molecule has 4 rings (SSSR count). The third-order valence-corrected chi connectivity index (χ3v) is 11.9. The molecule has 0 spiro atoms. The molecule has 0 radical (unpaired) electrons. The Kier molecular flexibility index (Phi) is 6.74. The van der Waals surface area contributed by atoms with Crippen molar-refractivity contribution >= 4 is 5.97 Å². The lowest BCUT2D eigenvalue weighted by molar-refractivity contribution is -0.167. The quantitative estimate of drug-likeness (QED) is 0.297. The van der Waals surface area contributed by atoms with Crippen LogP contribution in [0.1, 0.15) is 127 Å². The van der Waals surface area contributed by atoms with E-state index in [0.29, 0.717) is 16.7 Å². The lowest BCUT2D eigenvalue weighted by atomic mass is 9.43. The second kappa shape index (κ2) is 8.81. The van der Waals surface area contributed by atoms with Crippen LogP contribution in [0.4, 0.5) is 0 Å². The summed E-state index contributed by atoms with van der Waals surface area (Å²) in [6.45, 7) is 21.2. The van der Waals surface area contributed by atoms with Crippen LogP contribution in [0.25, 0.3) is 0 Å². The molecule has 2 saturated carbocycles. The summed E-state index contributed by atoms with van der Waals surface area (Å²) in [6.07, 6.45) is 15.2. The second-order valence-corrected chi connectivity index (χ2v) is 14.2. The fourth-order valence-corrected chi connectivity index (χ4v) is 9.86. The molecule has 0 aromatic rings. The molecule has 0 saturated heterocycles. The van der Waals surface area contributed by atoms with Gasteiger partial charge in [0, 0.05) is 12.3 Å². The number of esters is 1. The van der Waals surface area contributed by atoms with Crippen molar-refractivity contribution in [2.45, 2.75) is 133 Å². The zero-order valence-corrected chi connectivity index (χ0v) is 23.8. The van der Waals surface area contributed by atoms with E-state index in [-0.39, 0.29) is 22.9 Å². The Morgan fingerprint density at radius 3 is 2.32 bits per heavy atom. The topological polar surface area (TPSA) is 26.3 Å². The highest BCUT2D eigenvalue weighted by molar-refractivity contribution is 5.66. The van der Waals surface area contributed by atoms with Gasteiger partial charge < -0.3 is 4.74 Å². The predicted octanol–water partition coefficient (Wildman–Crippen LogP) is 9.05. The highest BCUT2D eigenvalue weighted by Gasteiger charge is 2.63. The van der Waals surface area contributed by atoms with Crippen molar-refractivity contribution in [3.8, 4) is 0 Å². The van der Waals surface area contributed by atoms with E-state index >= 15 is 0 Å². The monoisotopic (exact) mass is 468 g/mol. The summed E-state index contributed by atoms with van der Waals surface area (Å²) in [7, 11) is 0. The van der Waals surface area contributed by atoms with E-state index in [0.717, 1.165) is 18.3 Å². The molecule has 7 atom stereocenters. The first-order valence-corrected chi connectivity index (χ1v) is 14.3. The van der Waals surface area contributed by atoms with Crippen molar-refractivity contribution in [1.29, 1.82) is 0 Å². The summed E-state index contributed by atoms with van der Waals surface area (Å²) in [5.41, 5.74) is 6.25. The number of ether oxygens (including phenoxy) is 1. The maximum Gasteiger partial charge on any atom is 0.302 e. The van der Waals surface area contributed by atoms with E-state index < -0.39 is 0 Å². The summed E-state index contributed by atoms with van der Waals surface area (Å²) < 4.78 is 5.87. The van der Waals surface area contributed by atoms with Crippen LogP contribution in [0.15, 0.2) is 22.8 Å². The summed E-state index contributed by atoms with van der Waals surface area (Å²) >= 11 is 0. The van der Waals surface area contributed by atoms with E-state index in [9.17, 15) is 4.79 Å². The highest BCUT2D eigenvalue weighted by Crippen LogP contribution is 2.72. The molecule has 2 nitrogen and oxygen atoms in total. The Morgan fingerprint density at radius 1 is 0.971 bits per heavy atom. The normalized spacial score (nSPS) is 41.7. The van der Waals surface area contributed by atoms with Crippen molar-refractivity contribution in [2.75, 3.05) is 0 Å². The van der Waals surface area contributed by atoms with Gasteiger partial charge in [-0.15, -0.1) is 0 Å². The van der Waals surface area contributed by atoms with Gasteiger partial charge in [-0.2, -0.15) is 0 Å². The molecule has 34 heavy (non-hydrogen) atoms. The SMILES string of the molecule is CC(=O)OC1CCC2(C)C3=C(CCC2C1(C)C)[C@]1(C)CCC(C(C)CCC=C(C)C)C1(C)CC3. The summed E-state index contributed by atoms with van der Waals surface area (Å²) in [4.78, 5) is 11.8. The van der Waals surface area contributed by atoms with E-state index in [1.54, 1.807) is 6.92 Å². The Hall–Kier alpha value is -1.05. The molecule has 0 aliphatic heterocycles. The molecule has 192 valence electrons. The molecule has 2 heteroatoms. The fourth-order valence-electron chi connectivity index (χ4n) is 9.86. The lowest BCUT2D eigenvalue weighted by Crippen LogP contribution is -2.55. The van der Waals surface area contributed by atoms with Crippen LogP contribution < -0.4 is 0 Å². The summed E-state index contributed by atoms with van der Waals surface area (Å²) in [5, 5.41) is 0. The first-order chi connectivity index (χ1) is 15.8. The summed E-state index contributed by atoms with van der Waals surface area (Å²) in [5.74, 6) is 2.13. The standard InChI is InChI=1S/C32H52O2/c1-21(2)11-10-12-22(3)24-15-19-32(9)26-13-14-27-29(5,6)28(34-23(4)33)17-18-30(27,7)25(26)16-20-31(24,32)8/h11,22,24,27-28H,10,12-20H2,1-9H3/t22?,24?,27?,28?,30?,31?,32-/m0/s1. The number of carbonyl (C=O) groups excluding carboxylic acids is 1. The number of hydrogen-bond acceptors (Lipinski definition) is 2. The molecule has 2 fully saturated rings. The van der Waals surface area contributed by atoms with Gasteiger partial charge in [0.2, 0.25) is 0 Å². The second-order valence-electron chi connectivity index (χ2n) is 14.2. The van der Waals surface area contributed by atoms with Crippen LogP contribution >= 0.6 is 0 Å². The molecular formula is C32H52O2. The van der Waals surface area contributed by atoms with Gasteiger partial charge in [0.05, 0.1) is 0 Å². The van der Waals surface area contributed by atoms with E-state index in [4.69, 9.17) is 4.74 Å². The largest absolute Gasteiger partial charge is 0.462 e. The molecule has 6 unspecified atom stereocenters. The third kappa shape index (κ3) is 3.85. The van der Waals surface area contributed by atoms with Crippen LogP contribution in [0, 0.1) is 39.4 Å². The van der Waals surface area contributed by atoms with Crippen LogP contribution in [-0.2, 0) is 9.53 Å². The van der Waals surface area contributed by atoms with Gasteiger partial charge in [-0.3, -0.25) is 4.79 Å². The van der Waals surface area contributed by atoms with Gasteiger partial charge >= 0.3 is 5.97 Å². The summed E-state index contributed by atoms with van der Waals surface area (Å²) in [6, 6.07) is 0. The molecule has 0 bridgehead atoms. The van der Waals surface area contributed by atoms with Crippen molar-refractivity contribution < 1.29 is 9.53 Å². The van der Waals surface area contributed by atoms with Crippen molar-refractivity contribution in [2.24, 2.45) is 39.4 Å². The van der Waals surface area contributed by atoms with Crippen LogP contribution in [0.3, 0.4) is 0 Å². The van der Waals surface area contributed by atoms with Crippen molar-refractivity contribution in [3.63, 3.8) is 0 Å². The lowest BCUT2D eigenvalue weighted by Gasteiger charge is -2.62. The maximum absolute atomic E-state index is 11.8. The van der Waals surface area contributed by atoms with E-state index in [2.05, 4.69) is 61.5 Å². The highest BCUT2D eigenvalue weighted by atomic mass is 16.5. The van der Waals surface area contributed by atoms with Gasteiger partial charge in [-0.25, -0.2) is 0 Å². The van der Waals surface area contributed by atoms with Gasteiger partial charge in [0.15, 0.2) is 0 Å². The van der Waals surface area contributed by atoms with Crippen molar-refractivity contribution in [3.05, 3.63) is 22.8 Å².